The minimum atomic E-state index is -0.899. The van der Waals surface area contributed by atoms with Gasteiger partial charge in [0.15, 0.2) is 23.0 Å². The Kier molecular flexibility index (Phi) is 6.73. The Morgan fingerprint density at radius 1 is 1.24 bits per heavy atom. The highest BCUT2D eigenvalue weighted by Gasteiger charge is 2.20. The Bertz CT molecular complexity index is 1190. The molecule has 0 saturated carbocycles. The van der Waals surface area contributed by atoms with Crippen molar-refractivity contribution >= 4 is 17.0 Å². The van der Waals surface area contributed by atoms with Gasteiger partial charge in [0, 0.05) is 50.5 Å². The van der Waals surface area contributed by atoms with Crippen LogP contribution in [0.3, 0.4) is 0 Å². The maximum atomic E-state index is 14.2. The van der Waals surface area contributed by atoms with Gasteiger partial charge in [0.2, 0.25) is 5.95 Å². The Labute approximate surface area is 190 Å². The monoisotopic (exact) mass is 459 g/mol. The molecule has 0 bridgehead atoms. The smallest absolute Gasteiger partial charge is 0.313 e. The number of nitrogens with one attached hydrogen (secondary N) is 1. The van der Waals surface area contributed by atoms with Gasteiger partial charge in [-0.25, -0.2) is 13.8 Å². The summed E-state index contributed by atoms with van der Waals surface area (Å²) >= 11 is 0. The Balaban J connectivity index is 1.77. The number of aromatic nitrogens is 3. The van der Waals surface area contributed by atoms with Gasteiger partial charge in [-0.3, -0.25) is 4.79 Å². The van der Waals surface area contributed by atoms with Crippen molar-refractivity contribution in [2.45, 2.75) is 32.7 Å². The predicted molar refractivity (Wildman–Crippen MR) is 122 cm³/mol. The molecule has 1 saturated heterocycles. The molecule has 0 aliphatic carbocycles. The molecule has 1 fully saturated rings. The summed E-state index contributed by atoms with van der Waals surface area (Å²) in [5.74, 6) is -1.31. The Hall–Kier alpha value is -3.27. The van der Waals surface area contributed by atoms with E-state index in [1.807, 2.05) is 13.8 Å². The van der Waals surface area contributed by atoms with Gasteiger partial charge in [0.25, 0.3) is 0 Å². The second-order valence-electron chi connectivity index (χ2n) is 8.54. The molecule has 1 aliphatic rings. The summed E-state index contributed by atoms with van der Waals surface area (Å²) < 4.78 is 39.8. The fourth-order valence-electron chi connectivity index (χ4n) is 3.83. The van der Waals surface area contributed by atoms with Gasteiger partial charge < -0.3 is 19.8 Å². The molecule has 0 atom stereocenters. The average molecular weight is 459 g/mol. The first-order valence-electron chi connectivity index (χ1n) is 10.9. The van der Waals surface area contributed by atoms with Gasteiger partial charge >= 0.3 is 5.56 Å². The zero-order valence-electron chi connectivity index (χ0n) is 18.8. The molecule has 3 aromatic rings. The third kappa shape index (κ3) is 5.22. The molecule has 2 aromatic heterocycles. The number of benzene rings is 1. The first kappa shape index (κ1) is 22.9. The lowest BCUT2D eigenvalue weighted by Gasteiger charge is -2.26. The minimum Gasteiger partial charge on any atom is -0.448 e. The minimum absolute atomic E-state index is 0.114. The van der Waals surface area contributed by atoms with E-state index in [0.29, 0.717) is 42.8 Å². The number of halogens is 2. The molecule has 0 unspecified atom stereocenters. The lowest BCUT2D eigenvalue weighted by Crippen LogP contribution is -2.42. The van der Waals surface area contributed by atoms with Crippen molar-refractivity contribution in [3.8, 4) is 11.5 Å². The van der Waals surface area contributed by atoms with Crippen LogP contribution >= 0.6 is 0 Å². The number of rotatable bonds is 7. The lowest BCUT2D eigenvalue weighted by molar-refractivity contribution is 0.0903. The van der Waals surface area contributed by atoms with E-state index in [0.717, 1.165) is 25.0 Å². The second kappa shape index (κ2) is 9.70. The van der Waals surface area contributed by atoms with Crippen molar-refractivity contribution in [1.29, 1.82) is 0 Å². The van der Waals surface area contributed by atoms with E-state index in [-0.39, 0.29) is 23.5 Å². The zero-order chi connectivity index (χ0) is 23.5. The van der Waals surface area contributed by atoms with Crippen molar-refractivity contribution in [3.63, 3.8) is 0 Å². The standard InChI is InChI=1S/C23H27F2N5O3/c1-14(2)13-29(3)30-21-15(12-26-23(28-21)27-17-6-8-32-9-7-17)10-20(22(30)31)33-19-5-4-16(24)11-18(19)25/h4-5,10-12,14,17H,6-9,13H2,1-3H3,(H,26,27,28). The van der Waals surface area contributed by atoms with E-state index in [1.54, 1.807) is 18.3 Å². The molecule has 1 aromatic carbocycles. The molecule has 0 radical (unpaired) electrons. The molecule has 33 heavy (non-hydrogen) atoms. The molecule has 0 amide bonds. The van der Waals surface area contributed by atoms with E-state index < -0.39 is 17.2 Å². The van der Waals surface area contributed by atoms with Crippen LogP contribution in [-0.2, 0) is 4.74 Å². The Morgan fingerprint density at radius 3 is 2.70 bits per heavy atom. The van der Waals surface area contributed by atoms with E-state index in [2.05, 4.69) is 15.3 Å². The predicted octanol–water partition coefficient (Wildman–Crippen LogP) is 3.68. The molecule has 176 valence electrons. The molecule has 8 nitrogen and oxygen atoms in total. The van der Waals surface area contributed by atoms with Gasteiger partial charge in [-0.15, -0.1) is 0 Å². The van der Waals surface area contributed by atoms with Gasteiger partial charge in [-0.05, 0) is 37.0 Å². The summed E-state index contributed by atoms with van der Waals surface area (Å²) in [6.07, 6.45) is 3.28. The average Bonchev–Trinajstić information content (AvgIpc) is 2.76. The van der Waals surface area contributed by atoms with Crippen molar-refractivity contribution in [1.82, 2.24) is 14.6 Å². The van der Waals surface area contributed by atoms with E-state index in [4.69, 9.17) is 9.47 Å². The molecule has 1 N–H and O–H groups in total. The van der Waals surface area contributed by atoms with Crippen LogP contribution in [0.1, 0.15) is 26.7 Å². The highest BCUT2D eigenvalue weighted by molar-refractivity contribution is 5.77. The molecule has 10 heteroatoms. The fraction of sp³-hybridized carbons (Fsp3) is 0.435. The number of anilines is 1. The summed E-state index contributed by atoms with van der Waals surface area (Å²) in [4.78, 5) is 22.4. The quantitative estimate of drug-likeness (QED) is 0.577. The third-order valence-corrected chi connectivity index (χ3v) is 5.33. The van der Waals surface area contributed by atoms with Gasteiger partial charge in [0.1, 0.15) is 5.82 Å². The van der Waals surface area contributed by atoms with Gasteiger partial charge in [-0.2, -0.15) is 9.66 Å². The summed E-state index contributed by atoms with van der Waals surface area (Å²) in [5.41, 5.74) is -0.107. The van der Waals surface area contributed by atoms with Crippen LogP contribution in [-0.4, -0.2) is 47.5 Å². The zero-order valence-corrected chi connectivity index (χ0v) is 18.8. The summed E-state index contributed by atoms with van der Waals surface area (Å²) in [7, 11) is 1.77. The topological polar surface area (TPSA) is 81.5 Å². The molecular formula is C23H27F2N5O3. The van der Waals surface area contributed by atoms with E-state index in [1.165, 1.54) is 10.7 Å². The summed E-state index contributed by atoms with van der Waals surface area (Å²) in [6, 6.07) is 4.58. The van der Waals surface area contributed by atoms with Crippen LogP contribution in [0, 0.1) is 17.6 Å². The van der Waals surface area contributed by atoms with E-state index in [9.17, 15) is 13.6 Å². The number of ether oxygens (including phenoxy) is 2. The first-order chi connectivity index (χ1) is 15.8. The second-order valence-corrected chi connectivity index (χ2v) is 8.54. The van der Waals surface area contributed by atoms with Crippen molar-refractivity contribution in [2.24, 2.45) is 5.92 Å². The SMILES string of the molecule is CC(C)CN(C)n1c(=O)c(Oc2ccc(F)cc2F)cc2cnc(NC3CCOCC3)nc21. The number of pyridine rings is 1. The third-order valence-electron chi connectivity index (χ3n) is 5.33. The van der Waals surface area contributed by atoms with Crippen molar-refractivity contribution in [2.75, 3.05) is 37.1 Å². The normalized spacial score (nSPS) is 14.6. The number of fused-ring (bicyclic) bond motifs is 1. The maximum Gasteiger partial charge on any atom is 0.313 e. The molecule has 4 rings (SSSR count). The Morgan fingerprint density at radius 2 is 2.00 bits per heavy atom. The van der Waals surface area contributed by atoms with Gasteiger partial charge in [0.05, 0.1) is 0 Å². The molecule has 1 aliphatic heterocycles. The fourth-order valence-corrected chi connectivity index (χ4v) is 3.83. The largest absolute Gasteiger partial charge is 0.448 e. The number of hydrogen-bond acceptors (Lipinski definition) is 7. The molecule has 3 heterocycles. The van der Waals surface area contributed by atoms with Crippen molar-refractivity contribution in [3.05, 3.63) is 52.5 Å². The van der Waals surface area contributed by atoms with E-state index >= 15 is 0 Å². The summed E-state index contributed by atoms with van der Waals surface area (Å²) in [6.45, 7) is 5.98. The number of nitrogens with zero attached hydrogens (tertiary/aromatic N) is 4. The van der Waals surface area contributed by atoms with Crippen LogP contribution in [0.2, 0.25) is 0 Å². The molecular weight excluding hydrogens is 432 g/mol. The summed E-state index contributed by atoms with van der Waals surface area (Å²) in [5, 5.41) is 5.60. The van der Waals surface area contributed by atoms with Crippen LogP contribution in [0.5, 0.6) is 11.5 Å². The first-order valence-corrected chi connectivity index (χ1v) is 10.9. The highest BCUT2D eigenvalue weighted by atomic mass is 19.1. The van der Waals surface area contributed by atoms with Crippen LogP contribution < -0.4 is 20.6 Å². The van der Waals surface area contributed by atoms with Crippen LogP contribution in [0.4, 0.5) is 14.7 Å². The van der Waals surface area contributed by atoms with Crippen LogP contribution in [0.15, 0.2) is 35.3 Å². The van der Waals surface area contributed by atoms with Crippen LogP contribution in [0.25, 0.3) is 11.0 Å². The molecule has 0 spiro atoms. The number of hydrogen-bond donors (Lipinski definition) is 1. The van der Waals surface area contributed by atoms with Crippen molar-refractivity contribution < 1.29 is 18.3 Å². The lowest BCUT2D eigenvalue weighted by atomic mass is 10.1. The van der Waals surface area contributed by atoms with Gasteiger partial charge in [-0.1, -0.05) is 13.8 Å². The highest BCUT2D eigenvalue weighted by Crippen LogP contribution is 2.25. The maximum absolute atomic E-state index is 14.2.